The molecule has 0 aliphatic heterocycles. The largest absolute Gasteiger partial charge is 0.315 e. The van der Waals surface area contributed by atoms with Crippen LogP contribution in [-0.2, 0) is 6.54 Å². The van der Waals surface area contributed by atoms with Crippen molar-refractivity contribution in [1.82, 2.24) is 10.2 Å². The second-order valence-electron chi connectivity index (χ2n) is 6.27. The number of nitrogens with zero attached hydrogens (tertiary/aromatic N) is 1. The van der Waals surface area contributed by atoms with Gasteiger partial charge in [-0.25, -0.2) is 0 Å². The summed E-state index contributed by atoms with van der Waals surface area (Å²) in [7, 11) is 0. The average Bonchev–Trinajstić information content (AvgIpc) is 3.08. The summed E-state index contributed by atoms with van der Waals surface area (Å²) in [5, 5.41) is 8.09. The second-order valence-corrected chi connectivity index (χ2v) is 7.05. The van der Waals surface area contributed by atoms with Crippen LogP contribution in [0.5, 0.6) is 0 Å². The highest BCUT2D eigenvalue weighted by molar-refractivity contribution is 7.07. The van der Waals surface area contributed by atoms with Crippen molar-refractivity contribution in [2.75, 3.05) is 13.1 Å². The molecule has 1 atom stereocenters. The lowest BCUT2D eigenvalue weighted by atomic mass is 10.1. The lowest BCUT2D eigenvalue weighted by Gasteiger charge is -2.29. The molecule has 1 aliphatic rings. The number of hydrogen-bond acceptors (Lipinski definition) is 3. The van der Waals surface area contributed by atoms with Gasteiger partial charge in [0.1, 0.15) is 0 Å². The number of thiophene rings is 1. The maximum atomic E-state index is 3.62. The molecule has 0 spiro atoms. The quantitative estimate of drug-likeness (QED) is 0.693. The Morgan fingerprint density at radius 3 is 2.74 bits per heavy atom. The van der Waals surface area contributed by atoms with Gasteiger partial charge in [-0.2, -0.15) is 11.3 Å². The second kappa shape index (κ2) is 7.41. The molecule has 0 amide bonds. The lowest BCUT2D eigenvalue weighted by Crippen LogP contribution is -2.41. The molecule has 19 heavy (non-hydrogen) atoms. The van der Waals surface area contributed by atoms with Crippen molar-refractivity contribution < 1.29 is 0 Å². The molecule has 0 aromatic carbocycles. The van der Waals surface area contributed by atoms with Crippen LogP contribution in [0.4, 0.5) is 0 Å². The van der Waals surface area contributed by atoms with Crippen LogP contribution in [0.25, 0.3) is 0 Å². The summed E-state index contributed by atoms with van der Waals surface area (Å²) in [6.45, 7) is 10.3. The van der Waals surface area contributed by atoms with E-state index in [1.54, 1.807) is 0 Å². The summed E-state index contributed by atoms with van der Waals surface area (Å²) in [5.41, 5.74) is 1.48. The van der Waals surface area contributed by atoms with Crippen LogP contribution in [0.1, 0.15) is 45.6 Å². The summed E-state index contributed by atoms with van der Waals surface area (Å²) in [6.07, 6.45) is 4.06. The molecule has 0 saturated heterocycles. The van der Waals surface area contributed by atoms with E-state index in [2.05, 4.69) is 47.8 Å². The molecule has 0 bridgehead atoms. The molecule has 1 unspecified atom stereocenters. The predicted octanol–water partition coefficient (Wildman–Crippen LogP) is 3.74. The van der Waals surface area contributed by atoms with Crippen LogP contribution in [0, 0.1) is 5.92 Å². The first-order valence-electron chi connectivity index (χ1n) is 7.64. The molecule has 1 saturated carbocycles. The van der Waals surface area contributed by atoms with Crippen LogP contribution in [-0.4, -0.2) is 30.1 Å². The zero-order valence-corrected chi connectivity index (χ0v) is 13.4. The van der Waals surface area contributed by atoms with Crippen molar-refractivity contribution in [3.8, 4) is 0 Å². The summed E-state index contributed by atoms with van der Waals surface area (Å²) in [6, 6.07) is 3.74. The highest BCUT2D eigenvalue weighted by Gasteiger charge is 2.31. The van der Waals surface area contributed by atoms with E-state index in [1.165, 1.54) is 24.8 Å². The van der Waals surface area contributed by atoms with Gasteiger partial charge in [0.2, 0.25) is 0 Å². The third-order valence-electron chi connectivity index (χ3n) is 3.87. The third kappa shape index (κ3) is 5.25. The number of rotatable bonds is 9. The molecule has 1 aliphatic carbocycles. The molecule has 3 heteroatoms. The van der Waals surface area contributed by atoms with Gasteiger partial charge in [-0.05, 0) is 61.0 Å². The van der Waals surface area contributed by atoms with E-state index >= 15 is 0 Å². The Morgan fingerprint density at radius 2 is 2.16 bits per heavy atom. The maximum absolute atomic E-state index is 3.62. The molecular formula is C16H28N2S. The molecule has 2 rings (SSSR count). The standard InChI is InChI=1S/C16H28N2S/c1-13(2)6-8-17-10-14(3)18(16-4-5-16)11-15-7-9-19-12-15/h7,9,12-14,16-17H,4-6,8,10-11H2,1-3H3. The highest BCUT2D eigenvalue weighted by Crippen LogP contribution is 2.30. The van der Waals surface area contributed by atoms with Crippen LogP contribution in [0.15, 0.2) is 16.8 Å². The van der Waals surface area contributed by atoms with Crippen LogP contribution in [0.2, 0.25) is 0 Å². The molecule has 1 aromatic heterocycles. The normalized spacial score (nSPS) is 17.3. The molecule has 1 N–H and O–H groups in total. The molecular weight excluding hydrogens is 252 g/mol. The summed E-state index contributed by atoms with van der Waals surface area (Å²) < 4.78 is 0. The molecule has 1 aromatic rings. The van der Waals surface area contributed by atoms with E-state index in [1.807, 2.05) is 11.3 Å². The van der Waals surface area contributed by atoms with Crippen molar-refractivity contribution in [1.29, 1.82) is 0 Å². The zero-order valence-electron chi connectivity index (χ0n) is 12.6. The highest BCUT2D eigenvalue weighted by atomic mass is 32.1. The monoisotopic (exact) mass is 280 g/mol. The van der Waals surface area contributed by atoms with Crippen molar-refractivity contribution in [3.63, 3.8) is 0 Å². The van der Waals surface area contributed by atoms with Gasteiger partial charge in [-0.15, -0.1) is 0 Å². The third-order valence-corrected chi connectivity index (χ3v) is 4.60. The fourth-order valence-corrected chi connectivity index (χ4v) is 3.12. The first kappa shape index (κ1) is 15.0. The number of hydrogen-bond donors (Lipinski definition) is 1. The fourth-order valence-electron chi connectivity index (χ4n) is 2.46. The molecule has 108 valence electrons. The van der Waals surface area contributed by atoms with Gasteiger partial charge >= 0.3 is 0 Å². The van der Waals surface area contributed by atoms with Gasteiger partial charge in [0.25, 0.3) is 0 Å². The SMILES string of the molecule is CC(C)CCNCC(C)N(Cc1ccsc1)C1CC1. The van der Waals surface area contributed by atoms with Gasteiger partial charge in [-0.3, -0.25) is 4.90 Å². The van der Waals surface area contributed by atoms with Gasteiger partial charge in [0, 0.05) is 25.2 Å². The minimum absolute atomic E-state index is 0.638. The van der Waals surface area contributed by atoms with Crippen LogP contribution < -0.4 is 5.32 Å². The van der Waals surface area contributed by atoms with Crippen molar-refractivity contribution in [2.45, 2.75) is 58.7 Å². The van der Waals surface area contributed by atoms with Crippen molar-refractivity contribution >= 4 is 11.3 Å². The van der Waals surface area contributed by atoms with Gasteiger partial charge in [-0.1, -0.05) is 13.8 Å². The van der Waals surface area contributed by atoms with Gasteiger partial charge in [0.05, 0.1) is 0 Å². The minimum Gasteiger partial charge on any atom is -0.315 e. The molecule has 2 nitrogen and oxygen atoms in total. The van der Waals surface area contributed by atoms with Crippen molar-refractivity contribution in [2.24, 2.45) is 5.92 Å². The number of nitrogens with one attached hydrogen (secondary N) is 1. The van der Waals surface area contributed by atoms with E-state index in [0.717, 1.165) is 31.6 Å². The Morgan fingerprint density at radius 1 is 1.37 bits per heavy atom. The Hall–Kier alpha value is -0.380. The Kier molecular flexibility index (Phi) is 5.86. The van der Waals surface area contributed by atoms with Crippen molar-refractivity contribution in [3.05, 3.63) is 22.4 Å². The fraction of sp³-hybridized carbons (Fsp3) is 0.750. The average molecular weight is 280 g/mol. The Labute approximate surface area is 122 Å². The van der Waals surface area contributed by atoms with E-state index in [0.29, 0.717) is 6.04 Å². The summed E-state index contributed by atoms with van der Waals surface area (Å²) in [4.78, 5) is 2.68. The van der Waals surface area contributed by atoms with Gasteiger partial charge in [0.15, 0.2) is 0 Å². The molecule has 1 heterocycles. The lowest BCUT2D eigenvalue weighted by molar-refractivity contribution is 0.185. The summed E-state index contributed by atoms with van der Waals surface area (Å²) >= 11 is 1.81. The van der Waals surface area contributed by atoms with E-state index in [-0.39, 0.29) is 0 Å². The minimum atomic E-state index is 0.638. The van der Waals surface area contributed by atoms with Crippen LogP contribution in [0.3, 0.4) is 0 Å². The van der Waals surface area contributed by atoms with E-state index < -0.39 is 0 Å². The van der Waals surface area contributed by atoms with Crippen LogP contribution >= 0.6 is 11.3 Å². The van der Waals surface area contributed by atoms with E-state index in [9.17, 15) is 0 Å². The van der Waals surface area contributed by atoms with Gasteiger partial charge < -0.3 is 5.32 Å². The smallest absolute Gasteiger partial charge is 0.0248 e. The first-order chi connectivity index (χ1) is 9.16. The topological polar surface area (TPSA) is 15.3 Å². The predicted molar refractivity (Wildman–Crippen MR) is 84.7 cm³/mol. The molecule has 0 radical (unpaired) electrons. The Bertz CT molecular complexity index is 344. The molecule has 1 fully saturated rings. The first-order valence-corrected chi connectivity index (χ1v) is 8.58. The maximum Gasteiger partial charge on any atom is 0.0248 e. The van der Waals surface area contributed by atoms with E-state index in [4.69, 9.17) is 0 Å². The zero-order chi connectivity index (χ0) is 13.7. The Balaban J connectivity index is 1.75. The summed E-state index contributed by atoms with van der Waals surface area (Å²) in [5.74, 6) is 0.799.